The zero-order valence-corrected chi connectivity index (χ0v) is 30.3. The van der Waals surface area contributed by atoms with Crippen molar-refractivity contribution >= 4 is 89.0 Å². The van der Waals surface area contributed by atoms with Gasteiger partial charge in [-0.15, -0.1) is 0 Å². The lowest BCUT2D eigenvalue weighted by Gasteiger charge is -2.28. The third kappa shape index (κ3) is 4.72. The van der Waals surface area contributed by atoms with Gasteiger partial charge in [0.2, 0.25) is 0 Å². The largest absolute Gasteiger partial charge is 0.456 e. The van der Waals surface area contributed by atoms with E-state index in [-0.39, 0.29) is 0 Å². The number of fused-ring (bicyclic) bond motifs is 10. The van der Waals surface area contributed by atoms with Crippen LogP contribution in [0, 0.1) is 0 Å². The number of aryl methyl sites for hydroxylation is 1. The number of allylic oxidation sites excluding steroid dienone is 1. The molecular formula is C52H33NO3. The van der Waals surface area contributed by atoms with E-state index in [4.69, 9.17) is 13.3 Å². The monoisotopic (exact) mass is 719 g/mol. The van der Waals surface area contributed by atoms with Crippen LogP contribution in [-0.2, 0) is 6.42 Å². The maximum absolute atomic E-state index is 6.44. The first kappa shape index (κ1) is 31.1. The molecule has 4 heteroatoms. The van der Waals surface area contributed by atoms with Gasteiger partial charge in [0.05, 0.1) is 16.8 Å². The van der Waals surface area contributed by atoms with E-state index in [9.17, 15) is 0 Å². The first-order valence-electron chi connectivity index (χ1n) is 19.2. The second kappa shape index (κ2) is 12.1. The maximum atomic E-state index is 6.44. The Labute approximate surface area is 322 Å². The van der Waals surface area contributed by atoms with Crippen LogP contribution in [0.15, 0.2) is 183 Å². The van der Waals surface area contributed by atoms with Crippen molar-refractivity contribution in [1.82, 2.24) is 0 Å². The minimum Gasteiger partial charge on any atom is -0.456 e. The summed E-state index contributed by atoms with van der Waals surface area (Å²) in [6, 6.07) is 58.1. The average molecular weight is 720 g/mol. The number of benzene rings is 8. The predicted molar refractivity (Wildman–Crippen MR) is 231 cm³/mol. The van der Waals surface area contributed by atoms with E-state index in [1.54, 1.807) is 0 Å². The van der Waals surface area contributed by atoms with E-state index in [0.29, 0.717) is 0 Å². The van der Waals surface area contributed by atoms with Crippen molar-refractivity contribution in [3.8, 4) is 22.3 Å². The summed E-state index contributed by atoms with van der Waals surface area (Å²) < 4.78 is 19.1. The molecule has 0 bridgehead atoms. The Kier molecular flexibility index (Phi) is 6.72. The Bertz CT molecular complexity index is 3380. The molecule has 0 radical (unpaired) electrons. The molecule has 56 heavy (non-hydrogen) atoms. The number of anilines is 3. The summed E-state index contributed by atoms with van der Waals surface area (Å²) in [6.45, 7) is 0. The third-order valence-corrected chi connectivity index (χ3v) is 11.5. The molecule has 3 aromatic heterocycles. The van der Waals surface area contributed by atoms with Gasteiger partial charge in [0.15, 0.2) is 0 Å². The van der Waals surface area contributed by atoms with Gasteiger partial charge in [0.1, 0.15) is 33.5 Å². The van der Waals surface area contributed by atoms with Crippen LogP contribution >= 0.6 is 0 Å². The zero-order valence-electron chi connectivity index (χ0n) is 30.3. The molecule has 0 saturated heterocycles. The topological polar surface area (TPSA) is 42.7 Å². The zero-order chi connectivity index (χ0) is 36.7. The van der Waals surface area contributed by atoms with Crippen LogP contribution < -0.4 is 4.90 Å². The summed E-state index contributed by atoms with van der Waals surface area (Å²) in [6.07, 6.45) is 6.59. The van der Waals surface area contributed by atoms with Crippen molar-refractivity contribution in [2.75, 3.05) is 4.90 Å². The van der Waals surface area contributed by atoms with Crippen molar-refractivity contribution in [3.63, 3.8) is 0 Å². The molecule has 1 aliphatic carbocycles. The highest BCUT2D eigenvalue weighted by atomic mass is 16.3. The normalized spacial score (nSPS) is 12.8. The summed E-state index contributed by atoms with van der Waals surface area (Å²) >= 11 is 0. The highest BCUT2D eigenvalue weighted by Crippen LogP contribution is 2.47. The molecule has 264 valence electrons. The Morgan fingerprint density at radius 1 is 0.411 bits per heavy atom. The third-order valence-electron chi connectivity index (χ3n) is 11.5. The van der Waals surface area contributed by atoms with Gasteiger partial charge in [0, 0.05) is 38.2 Å². The summed E-state index contributed by atoms with van der Waals surface area (Å²) in [5, 5.41) is 6.70. The van der Waals surface area contributed by atoms with E-state index in [1.165, 1.54) is 11.1 Å². The highest BCUT2D eigenvalue weighted by Gasteiger charge is 2.23. The van der Waals surface area contributed by atoms with Crippen molar-refractivity contribution < 1.29 is 13.3 Å². The van der Waals surface area contributed by atoms with Gasteiger partial charge >= 0.3 is 0 Å². The number of rotatable bonds is 5. The molecule has 3 heterocycles. The van der Waals surface area contributed by atoms with E-state index in [2.05, 4.69) is 157 Å². The van der Waals surface area contributed by atoms with Crippen LogP contribution in [0.4, 0.5) is 17.1 Å². The Morgan fingerprint density at radius 2 is 1.02 bits per heavy atom. The van der Waals surface area contributed by atoms with Gasteiger partial charge < -0.3 is 18.2 Å². The van der Waals surface area contributed by atoms with E-state index in [1.807, 2.05) is 24.3 Å². The molecule has 1 aliphatic rings. The standard InChI is InChI=1S/C52H33NO3/c1-2-12-34-31-50-42(29-33(34)11-1)41-30-35(25-28-47(41)56-50)37-13-3-6-17-43(37)53(44-18-10-22-49-52(44)40-15-5-8-20-46(40)55-49)36-26-23-32(24-27-36)38-16-9-21-48-51(38)39-14-4-7-19-45(39)54-48/h2-10,12-31H,1,11H2. The van der Waals surface area contributed by atoms with Crippen LogP contribution in [0.3, 0.4) is 0 Å². The molecule has 11 aromatic rings. The fourth-order valence-corrected chi connectivity index (χ4v) is 8.94. The molecule has 8 aromatic carbocycles. The summed E-state index contributed by atoms with van der Waals surface area (Å²) in [5.41, 5.74) is 15.6. The van der Waals surface area contributed by atoms with Crippen molar-refractivity contribution in [3.05, 3.63) is 181 Å². The number of furan rings is 3. The van der Waals surface area contributed by atoms with Gasteiger partial charge in [-0.3, -0.25) is 0 Å². The van der Waals surface area contributed by atoms with Crippen LogP contribution in [-0.4, -0.2) is 0 Å². The molecule has 0 spiro atoms. The van der Waals surface area contributed by atoms with Crippen molar-refractivity contribution in [1.29, 1.82) is 0 Å². The van der Waals surface area contributed by atoms with Gasteiger partial charge in [-0.25, -0.2) is 0 Å². The lowest BCUT2D eigenvalue weighted by molar-refractivity contribution is 0.668. The SMILES string of the molecule is C1=Cc2cc3oc4ccc(-c5ccccc5N(c5ccc(-c6cccc7oc8ccccc8c67)cc5)c5cccc6oc7ccccc7c56)cc4c3cc2CC1. The fourth-order valence-electron chi connectivity index (χ4n) is 8.94. The van der Waals surface area contributed by atoms with E-state index in [0.717, 1.165) is 118 Å². The number of nitrogens with zero attached hydrogens (tertiary/aromatic N) is 1. The second-order valence-electron chi connectivity index (χ2n) is 14.7. The smallest absolute Gasteiger partial charge is 0.137 e. The predicted octanol–water partition coefficient (Wildman–Crippen LogP) is 15.1. The summed E-state index contributed by atoms with van der Waals surface area (Å²) in [4.78, 5) is 2.39. The molecule has 0 saturated carbocycles. The first-order chi connectivity index (χ1) is 27.7. The quantitative estimate of drug-likeness (QED) is 0.178. The van der Waals surface area contributed by atoms with Crippen LogP contribution in [0.1, 0.15) is 17.5 Å². The Morgan fingerprint density at radius 3 is 1.86 bits per heavy atom. The molecule has 0 fully saturated rings. The van der Waals surface area contributed by atoms with Crippen molar-refractivity contribution in [2.45, 2.75) is 12.8 Å². The summed E-state index contributed by atoms with van der Waals surface area (Å²) in [5.74, 6) is 0. The maximum Gasteiger partial charge on any atom is 0.137 e. The molecule has 0 N–H and O–H groups in total. The summed E-state index contributed by atoms with van der Waals surface area (Å²) in [7, 11) is 0. The number of para-hydroxylation sites is 3. The van der Waals surface area contributed by atoms with Crippen LogP contribution in [0.5, 0.6) is 0 Å². The number of hydrogen-bond donors (Lipinski definition) is 0. The fraction of sp³-hybridized carbons (Fsp3) is 0.0385. The first-order valence-corrected chi connectivity index (χ1v) is 19.2. The van der Waals surface area contributed by atoms with Crippen LogP contribution in [0.2, 0.25) is 0 Å². The van der Waals surface area contributed by atoms with Gasteiger partial charge in [-0.2, -0.15) is 0 Å². The minimum absolute atomic E-state index is 0.853. The van der Waals surface area contributed by atoms with Gasteiger partial charge in [-0.1, -0.05) is 103 Å². The lowest BCUT2D eigenvalue weighted by atomic mass is 9.94. The average Bonchev–Trinajstić information content (AvgIpc) is 3.94. The molecule has 12 rings (SSSR count). The highest BCUT2D eigenvalue weighted by molar-refractivity contribution is 6.15. The lowest BCUT2D eigenvalue weighted by Crippen LogP contribution is -2.11. The Balaban J connectivity index is 1.06. The molecule has 0 unspecified atom stereocenters. The van der Waals surface area contributed by atoms with Crippen molar-refractivity contribution in [2.24, 2.45) is 0 Å². The van der Waals surface area contributed by atoms with E-state index < -0.39 is 0 Å². The number of hydrogen-bond acceptors (Lipinski definition) is 4. The second-order valence-corrected chi connectivity index (χ2v) is 14.7. The molecule has 0 atom stereocenters. The Hall–Kier alpha value is -7.30. The van der Waals surface area contributed by atoms with Crippen LogP contribution in [0.25, 0.3) is 94.1 Å². The van der Waals surface area contributed by atoms with Gasteiger partial charge in [0.25, 0.3) is 0 Å². The van der Waals surface area contributed by atoms with Gasteiger partial charge in [-0.05, 0) is 113 Å². The molecule has 0 amide bonds. The molecule has 0 aliphatic heterocycles. The minimum atomic E-state index is 0.853. The molecule has 4 nitrogen and oxygen atoms in total. The van der Waals surface area contributed by atoms with E-state index >= 15 is 0 Å². The molecular weight excluding hydrogens is 687 g/mol.